The van der Waals surface area contributed by atoms with Crippen LogP contribution >= 0.6 is 11.8 Å². The van der Waals surface area contributed by atoms with Crippen LogP contribution in [0.3, 0.4) is 0 Å². The van der Waals surface area contributed by atoms with Gasteiger partial charge in [0.15, 0.2) is 5.96 Å². The predicted molar refractivity (Wildman–Crippen MR) is 362 cm³/mol. The molecule has 13 atom stereocenters. The fourth-order valence-electron chi connectivity index (χ4n) is 11.9. The van der Waals surface area contributed by atoms with Crippen molar-refractivity contribution in [1.29, 1.82) is 0 Å². The Labute approximate surface area is 573 Å². The zero-order valence-corrected chi connectivity index (χ0v) is 56.8. The second-order valence-electron chi connectivity index (χ2n) is 25.5. The number of carboxylic acids is 2. The molecule has 0 unspecified atom stereocenters. The number of unbranched alkanes of at least 4 members (excludes halogenated alkanes) is 2. The number of aliphatic carboxylic acids is 2. The standard InChI is InChI=1S/C66H96N16O15S/c1-6-8-18-42(72-51(84)22-13-12-21-50-55-48(34-98-50)78-66(97)81-55)56(87)74-45(32-52(85)86)58(89)73-43(19-14-27-70-65(67)68)57(88)79-53(36(3)4)61(92)75-44(29-39-23-25-41(83)26-24-39)59(90)80-54(37(5)7-2)62(93)76-46(31-40-33-69-35-71-40)63(94)82-28-15-20-49(82)60(91)77-47(64(95)96)30-38-16-10-9-11-17-38/h9-11,16-17,23-26,33,35-37,42-50,53-55,83H,6-8,12-15,18-22,27-32,34H2,1-5H3,(H,69,71)(H,72,84)(H,73,89)(H,74,87)(H,75,92)(H,76,93)(H,77,91)(H,79,88)(H,80,90)(H,85,86)(H,95,96)(H4,67,68,70)(H2,78,81,97)/t37-,42-,43-,44-,45-,46-,47-,48-,49-,50-,53-,54-,55-/m0/s1. The van der Waals surface area contributed by atoms with Crippen molar-refractivity contribution in [1.82, 2.24) is 68.0 Å². The van der Waals surface area contributed by atoms with Crippen molar-refractivity contribution in [3.05, 3.63) is 83.9 Å². The minimum atomic E-state index is -1.78. The van der Waals surface area contributed by atoms with Crippen molar-refractivity contribution in [3.8, 4) is 5.75 Å². The number of carboxylic acid groups (broad SMARTS) is 2. The van der Waals surface area contributed by atoms with Crippen molar-refractivity contribution in [2.24, 2.45) is 28.3 Å². The van der Waals surface area contributed by atoms with Gasteiger partial charge in [-0.3, -0.25) is 52.9 Å². The SMILES string of the molecule is CCCC[C@H](NC(=O)CCCC[C@@H]1SC[C@@H]2NC(=O)N[C@@H]21)C(=O)N[C@@H](CC(=O)O)C(=O)N[C@@H](CCCN=C(N)N)C(=O)N[C@H](C(=O)N[C@@H](Cc1ccc(O)cc1)C(=O)N[C@H](C(=O)N[C@@H](Cc1cnc[nH]1)C(=O)N1CCC[C@H]1C(=O)N[C@@H](Cc1ccccc1)C(=O)O)[C@@H](C)CC)C(C)C. The number of H-pyrrole nitrogens is 1. The first-order valence-corrected chi connectivity index (χ1v) is 34.5. The second-order valence-corrected chi connectivity index (χ2v) is 26.7. The highest BCUT2D eigenvalue weighted by Gasteiger charge is 2.44. The normalized spacial score (nSPS) is 19.0. The third-order valence-corrected chi connectivity index (χ3v) is 19.1. The maximum atomic E-state index is 14.9. The number of rotatable bonds is 40. The lowest BCUT2D eigenvalue weighted by Gasteiger charge is -2.32. The molecule has 0 bridgehead atoms. The third-order valence-electron chi connectivity index (χ3n) is 17.5. The van der Waals surface area contributed by atoms with Crippen LogP contribution in [-0.2, 0) is 72.0 Å². The molecule has 0 radical (unpaired) electrons. The van der Waals surface area contributed by atoms with Gasteiger partial charge in [-0.1, -0.05) is 103 Å². The number of aliphatic imine (C=N–C) groups is 1. The summed E-state index contributed by atoms with van der Waals surface area (Å²) in [6.07, 6.45) is 5.51. The van der Waals surface area contributed by atoms with Gasteiger partial charge in [0.2, 0.25) is 53.2 Å². The van der Waals surface area contributed by atoms with Gasteiger partial charge < -0.3 is 89.8 Å². The Morgan fingerprint density at radius 2 is 1.30 bits per heavy atom. The summed E-state index contributed by atoms with van der Waals surface area (Å²) >= 11 is 1.75. The van der Waals surface area contributed by atoms with Crippen LogP contribution in [0.5, 0.6) is 5.75 Å². The summed E-state index contributed by atoms with van der Waals surface area (Å²) in [5.74, 6) is -11.0. The number of guanidine groups is 1. The zero-order valence-electron chi connectivity index (χ0n) is 56.0. The van der Waals surface area contributed by atoms with Crippen LogP contribution in [-0.4, -0.2) is 198 Å². The molecule has 536 valence electrons. The fraction of sp³-hybridized carbons (Fsp3) is 0.576. The molecule has 3 fully saturated rings. The molecular formula is C66H96N16O15S. The Morgan fingerprint density at radius 1 is 0.684 bits per heavy atom. The van der Waals surface area contributed by atoms with E-state index in [0.717, 1.165) is 12.2 Å². The van der Waals surface area contributed by atoms with Crippen LogP contribution in [0.2, 0.25) is 0 Å². The average Bonchev–Trinajstić information content (AvgIpc) is 1.58. The molecule has 31 nitrogen and oxygen atoms in total. The number of likely N-dealkylation sites (tertiary alicyclic amines) is 1. The minimum Gasteiger partial charge on any atom is -0.508 e. The quantitative estimate of drug-likeness (QED) is 0.0157. The molecule has 3 saturated heterocycles. The van der Waals surface area contributed by atoms with Crippen LogP contribution in [0.25, 0.3) is 0 Å². The minimum absolute atomic E-state index is 0.00308. The number of carbonyl (C=O) groups excluding carboxylic acids is 10. The van der Waals surface area contributed by atoms with Gasteiger partial charge in [-0.15, -0.1) is 0 Å². The van der Waals surface area contributed by atoms with Crippen LogP contribution in [0, 0.1) is 11.8 Å². The molecule has 3 aliphatic rings. The summed E-state index contributed by atoms with van der Waals surface area (Å²) in [6, 6.07) is 1.75. The van der Waals surface area contributed by atoms with Crippen LogP contribution < -0.4 is 64.6 Å². The molecule has 98 heavy (non-hydrogen) atoms. The summed E-state index contributed by atoms with van der Waals surface area (Å²) in [4.78, 5) is 178. The number of aromatic hydroxyl groups is 1. The van der Waals surface area contributed by atoms with E-state index in [0.29, 0.717) is 55.3 Å². The van der Waals surface area contributed by atoms with Crippen molar-refractivity contribution >= 4 is 88.9 Å². The number of benzene rings is 2. The zero-order chi connectivity index (χ0) is 71.6. The van der Waals surface area contributed by atoms with E-state index in [9.17, 15) is 72.9 Å². The van der Waals surface area contributed by atoms with Crippen molar-refractivity contribution in [2.75, 3.05) is 18.8 Å². The van der Waals surface area contributed by atoms with Crippen LogP contribution in [0.15, 0.2) is 72.1 Å². The first kappa shape index (κ1) is 77.5. The van der Waals surface area contributed by atoms with Gasteiger partial charge in [0.05, 0.1) is 24.8 Å². The lowest BCUT2D eigenvalue weighted by molar-refractivity contribution is -0.145. The summed E-state index contributed by atoms with van der Waals surface area (Å²) in [7, 11) is 0. The number of carbonyl (C=O) groups is 12. The number of phenolic OH excluding ortho intramolecular Hbond substituents is 1. The summed E-state index contributed by atoms with van der Waals surface area (Å²) in [5.41, 5.74) is 12.7. The number of aromatic nitrogens is 2. The second kappa shape index (κ2) is 38.5. The van der Waals surface area contributed by atoms with E-state index in [1.807, 2.05) is 6.92 Å². The molecule has 0 spiro atoms. The molecule has 1 aromatic heterocycles. The number of nitrogens with two attached hydrogens (primary N) is 2. The van der Waals surface area contributed by atoms with Crippen LogP contribution in [0.1, 0.15) is 135 Å². The number of urea groups is 1. The molecule has 3 aromatic rings. The first-order valence-electron chi connectivity index (χ1n) is 33.5. The largest absolute Gasteiger partial charge is 0.508 e. The van der Waals surface area contributed by atoms with Gasteiger partial charge in [-0.2, -0.15) is 11.8 Å². The van der Waals surface area contributed by atoms with E-state index in [-0.39, 0.29) is 99.5 Å². The topological polar surface area (TPSA) is 482 Å². The number of imidazole rings is 1. The van der Waals surface area contributed by atoms with Crippen LogP contribution in [0.4, 0.5) is 4.79 Å². The highest BCUT2D eigenvalue weighted by atomic mass is 32.2. The smallest absolute Gasteiger partial charge is 0.326 e. The summed E-state index contributed by atoms with van der Waals surface area (Å²) in [6.45, 7) is 8.58. The van der Waals surface area contributed by atoms with E-state index < -0.39 is 138 Å². The predicted octanol–water partition coefficient (Wildman–Crippen LogP) is 0.244. The molecule has 2 aromatic carbocycles. The number of hydrogen-bond donors (Lipinski definition) is 16. The van der Waals surface area contributed by atoms with Gasteiger partial charge in [-0.05, 0) is 80.0 Å². The molecule has 0 saturated carbocycles. The average molecular weight is 1390 g/mol. The van der Waals surface area contributed by atoms with Gasteiger partial charge >= 0.3 is 18.0 Å². The van der Waals surface area contributed by atoms with Gasteiger partial charge in [-0.25, -0.2) is 14.6 Å². The Balaban J connectivity index is 1.17. The van der Waals surface area contributed by atoms with Gasteiger partial charge in [0, 0.05) is 61.7 Å². The van der Waals surface area contributed by atoms with Crippen molar-refractivity contribution in [3.63, 3.8) is 0 Å². The summed E-state index contributed by atoms with van der Waals surface area (Å²) < 4.78 is 0. The lowest BCUT2D eigenvalue weighted by atomic mass is 9.96. The highest BCUT2D eigenvalue weighted by Crippen LogP contribution is 2.33. The van der Waals surface area contributed by atoms with E-state index in [1.54, 1.807) is 69.8 Å². The van der Waals surface area contributed by atoms with E-state index in [4.69, 9.17) is 11.5 Å². The highest BCUT2D eigenvalue weighted by molar-refractivity contribution is 8.00. The Morgan fingerprint density at radius 3 is 1.95 bits per heavy atom. The molecule has 0 aliphatic carbocycles. The number of amides is 11. The number of thioether (sulfide) groups is 1. The molecule has 32 heteroatoms. The Bertz CT molecular complexity index is 3250. The maximum Gasteiger partial charge on any atom is 0.326 e. The molecule has 4 heterocycles. The molecular weight excluding hydrogens is 1290 g/mol. The van der Waals surface area contributed by atoms with E-state index in [1.165, 1.54) is 41.7 Å². The first-order chi connectivity index (χ1) is 46.7. The number of aromatic amines is 1. The van der Waals surface area contributed by atoms with Crippen molar-refractivity contribution < 1.29 is 72.9 Å². The summed E-state index contributed by atoms with van der Waals surface area (Å²) in [5, 5.41) is 57.6. The van der Waals surface area contributed by atoms with Gasteiger partial charge in [0.25, 0.3) is 0 Å². The van der Waals surface area contributed by atoms with E-state index >= 15 is 0 Å². The lowest BCUT2D eigenvalue weighted by Crippen LogP contribution is -2.62. The number of fused-ring (bicyclic) bond motifs is 1. The van der Waals surface area contributed by atoms with E-state index in [2.05, 4.69) is 68.1 Å². The number of phenols is 1. The number of nitrogens with one attached hydrogen (secondary N) is 11. The Kier molecular flexibility index (Phi) is 30.4. The fourth-order valence-corrected chi connectivity index (χ4v) is 13.4. The molecule has 6 rings (SSSR count). The van der Waals surface area contributed by atoms with Gasteiger partial charge in [0.1, 0.15) is 60.1 Å². The van der Waals surface area contributed by atoms with Crippen molar-refractivity contribution in [2.45, 2.75) is 209 Å². The monoisotopic (exact) mass is 1380 g/mol. The third kappa shape index (κ3) is 24.0. The maximum absolute atomic E-state index is 14.9. The molecule has 18 N–H and O–H groups in total. The number of hydrogen-bond acceptors (Lipinski definition) is 16. The number of nitrogens with zero attached hydrogens (tertiary/aromatic N) is 3. The molecule has 3 aliphatic heterocycles. The molecule has 11 amide bonds. The Hall–Kier alpha value is -9.49.